The quantitative estimate of drug-likeness (QED) is 0.903. The molecule has 0 fully saturated rings. The molecule has 0 aromatic carbocycles. The van der Waals surface area contributed by atoms with Crippen LogP contribution < -0.4 is 5.32 Å². The summed E-state index contributed by atoms with van der Waals surface area (Å²) in [6, 6.07) is 1.99. The molecule has 0 aliphatic carbocycles. The van der Waals surface area contributed by atoms with E-state index in [0.29, 0.717) is 11.6 Å². The molecular weight excluding hydrogens is 251 g/mol. The molecule has 4 heteroatoms. The SMILES string of the molecule is C=C(Cl)CNc1ncc(Br)cc1C. The molecule has 1 aromatic heterocycles. The highest BCUT2D eigenvalue weighted by Gasteiger charge is 1.99. The number of pyridine rings is 1. The van der Waals surface area contributed by atoms with Crippen molar-refractivity contribution in [3.63, 3.8) is 0 Å². The number of nitrogens with one attached hydrogen (secondary N) is 1. The van der Waals surface area contributed by atoms with Crippen molar-refractivity contribution in [3.05, 3.63) is 33.9 Å². The second-order valence-electron chi connectivity index (χ2n) is 2.69. The van der Waals surface area contributed by atoms with Crippen molar-refractivity contribution >= 4 is 33.3 Å². The van der Waals surface area contributed by atoms with E-state index in [1.54, 1.807) is 6.20 Å². The van der Waals surface area contributed by atoms with Gasteiger partial charge in [-0.1, -0.05) is 18.2 Å². The van der Waals surface area contributed by atoms with Crippen LogP contribution in [0.1, 0.15) is 5.56 Å². The molecule has 0 aliphatic heterocycles. The number of anilines is 1. The van der Waals surface area contributed by atoms with Crippen molar-refractivity contribution in [2.45, 2.75) is 6.92 Å². The van der Waals surface area contributed by atoms with Gasteiger partial charge in [-0.2, -0.15) is 0 Å². The highest BCUT2D eigenvalue weighted by Crippen LogP contribution is 2.16. The third-order valence-electron chi connectivity index (χ3n) is 1.49. The second kappa shape index (κ2) is 4.63. The van der Waals surface area contributed by atoms with Gasteiger partial charge in [0.15, 0.2) is 0 Å². The van der Waals surface area contributed by atoms with Crippen molar-refractivity contribution in [2.75, 3.05) is 11.9 Å². The summed E-state index contributed by atoms with van der Waals surface area (Å²) in [4.78, 5) is 4.19. The summed E-state index contributed by atoms with van der Waals surface area (Å²) < 4.78 is 0.972. The average Bonchev–Trinajstić information content (AvgIpc) is 2.02. The Bertz CT molecular complexity index is 325. The van der Waals surface area contributed by atoms with Crippen LogP contribution >= 0.6 is 27.5 Å². The number of nitrogens with zero attached hydrogens (tertiary/aromatic N) is 1. The average molecular weight is 262 g/mol. The molecule has 1 heterocycles. The van der Waals surface area contributed by atoms with Crippen LogP contribution in [0, 0.1) is 6.92 Å². The van der Waals surface area contributed by atoms with E-state index in [0.717, 1.165) is 15.9 Å². The minimum atomic E-state index is 0.539. The summed E-state index contributed by atoms with van der Waals surface area (Å²) in [6.07, 6.45) is 1.74. The lowest BCUT2D eigenvalue weighted by atomic mass is 10.3. The first-order valence-corrected chi connectivity index (χ1v) is 4.96. The predicted octanol–water partition coefficient (Wildman–Crippen LogP) is 3.32. The van der Waals surface area contributed by atoms with Gasteiger partial charge >= 0.3 is 0 Å². The van der Waals surface area contributed by atoms with E-state index in [2.05, 4.69) is 32.8 Å². The van der Waals surface area contributed by atoms with Crippen molar-refractivity contribution in [3.8, 4) is 0 Å². The van der Waals surface area contributed by atoms with Crippen molar-refractivity contribution in [1.29, 1.82) is 0 Å². The molecule has 0 spiro atoms. The Balaban J connectivity index is 2.72. The fourth-order valence-corrected chi connectivity index (χ4v) is 1.42. The van der Waals surface area contributed by atoms with Gasteiger partial charge in [0, 0.05) is 15.7 Å². The van der Waals surface area contributed by atoms with Crippen LogP contribution in [0.4, 0.5) is 5.82 Å². The van der Waals surface area contributed by atoms with E-state index in [-0.39, 0.29) is 0 Å². The maximum Gasteiger partial charge on any atom is 0.129 e. The number of halogens is 2. The first-order valence-electron chi connectivity index (χ1n) is 3.79. The first-order chi connectivity index (χ1) is 6.09. The van der Waals surface area contributed by atoms with Crippen LogP contribution in [0.5, 0.6) is 0 Å². The highest BCUT2D eigenvalue weighted by molar-refractivity contribution is 9.10. The number of aromatic nitrogens is 1. The van der Waals surface area contributed by atoms with E-state index in [9.17, 15) is 0 Å². The van der Waals surface area contributed by atoms with Crippen molar-refractivity contribution < 1.29 is 0 Å². The van der Waals surface area contributed by atoms with Gasteiger partial charge < -0.3 is 5.32 Å². The molecule has 70 valence electrons. The maximum absolute atomic E-state index is 5.62. The van der Waals surface area contributed by atoms with Gasteiger partial charge in [-0.15, -0.1) is 0 Å². The minimum Gasteiger partial charge on any atom is -0.365 e. The summed E-state index contributed by atoms with van der Waals surface area (Å²) in [7, 11) is 0. The maximum atomic E-state index is 5.62. The van der Waals surface area contributed by atoms with Gasteiger partial charge in [0.2, 0.25) is 0 Å². The van der Waals surface area contributed by atoms with Crippen LogP contribution in [0.15, 0.2) is 28.3 Å². The van der Waals surface area contributed by atoms with Gasteiger partial charge in [0.25, 0.3) is 0 Å². The zero-order valence-corrected chi connectivity index (χ0v) is 9.61. The topological polar surface area (TPSA) is 24.9 Å². The van der Waals surface area contributed by atoms with E-state index in [4.69, 9.17) is 11.6 Å². The molecule has 0 bridgehead atoms. The Kier molecular flexibility index (Phi) is 3.75. The molecule has 2 nitrogen and oxygen atoms in total. The largest absolute Gasteiger partial charge is 0.365 e. The minimum absolute atomic E-state index is 0.539. The fourth-order valence-electron chi connectivity index (χ4n) is 0.905. The van der Waals surface area contributed by atoms with E-state index >= 15 is 0 Å². The summed E-state index contributed by atoms with van der Waals surface area (Å²) in [5.41, 5.74) is 1.08. The first kappa shape index (κ1) is 10.5. The van der Waals surface area contributed by atoms with Crippen molar-refractivity contribution in [1.82, 2.24) is 4.98 Å². The molecule has 0 saturated heterocycles. The van der Waals surface area contributed by atoms with Crippen molar-refractivity contribution in [2.24, 2.45) is 0 Å². The third-order valence-corrected chi connectivity index (χ3v) is 2.06. The number of aryl methyl sites for hydroxylation is 1. The monoisotopic (exact) mass is 260 g/mol. The molecule has 0 saturated carbocycles. The zero-order chi connectivity index (χ0) is 9.84. The molecule has 0 atom stereocenters. The molecule has 0 aliphatic rings. The Morgan fingerprint density at radius 1 is 1.77 bits per heavy atom. The summed E-state index contributed by atoms with van der Waals surface area (Å²) in [5.74, 6) is 0.838. The highest BCUT2D eigenvalue weighted by atomic mass is 79.9. The molecule has 0 amide bonds. The van der Waals surface area contributed by atoms with Crippen LogP contribution in [-0.4, -0.2) is 11.5 Å². The van der Waals surface area contributed by atoms with Gasteiger partial charge in [-0.3, -0.25) is 0 Å². The number of hydrogen-bond acceptors (Lipinski definition) is 2. The van der Waals surface area contributed by atoms with E-state index in [1.807, 2.05) is 13.0 Å². The zero-order valence-electron chi connectivity index (χ0n) is 7.27. The third kappa shape index (κ3) is 3.36. The summed E-state index contributed by atoms with van der Waals surface area (Å²) >= 11 is 8.96. The number of hydrogen-bond donors (Lipinski definition) is 1. The number of rotatable bonds is 3. The molecule has 1 N–H and O–H groups in total. The van der Waals surface area contributed by atoms with Gasteiger partial charge in [-0.05, 0) is 34.5 Å². The van der Waals surface area contributed by atoms with E-state index < -0.39 is 0 Å². The lowest BCUT2D eigenvalue weighted by Gasteiger charge is -2.06. The molecule has 0 unspecified atom stereocenters. The molecular formula is C9H10BrClN2. The standard InChI is InChI=1S/C9H10BrClN2/c1-6-3-8(10)5-13-9(6)12-4-7(2)11/h3,5H,2,4H2,1H3,(H,12,13). The van der Waals surface area contributed by atoms with E-state index in [1.165, 1.54) is 0 Å². The second-order valence-corrected chi connectivity index (χ2v) is 4.14. The Labute approximate surface area is 91.1 Å². The molecule has 1 rings (SSSR count). The van der Waals surface area contributed by atoms with Crippen LogP contribution in [0.25, 0.3) is 0 Å². The summed E-state index contributed by atoms with van der Waals surface area (Å²) in [6.45, 7) is 6.11. The fraction of sp³-hybridized carbons (Fsp3) is 0.222. The predicted molar refractivity (Wildman–Crippen MR) is 60.2 cm³/mol. The lowest BCUT2D eigenvalue weighted by Crippen LogP contribution is -2.04. The molecule has 0 radical (unpaired) electrons. The smallest absolute Gasteiger partial charge is 0.129 e. The van der Waals surface area contributed by atoms with Crippen LogP contribution in [-0.2, 0) is 0 Å². The van der Waals surface area contributed by atoms with Crippen LogP contribution in [0.3, 0.4) is 0 Å². The molecule has 1 aromatic rings. The summed E-state index contributed by atoms with van der Waals surface area (Å²) in [5, 5.41) is 3.65. The lowest BCUT2D eigenvalue weighted by molar-refractivity contribution is 1.18. The Morgan fingerprint density at radius 2 is 2.46 bits per heavy atom. The van der Waals surface area contributed by atoms with Gasteiger partial charge in [0.1, 0.15) is 5.82 Å². The van der Waals surface area contributed by atoms with Crippen LogP contribution in [0.2, 0.25) is 0 Å². The molecule has 13 heavy (non-hydrogen) atoms. The normalized spacial score (nSPS) is 9.77. The van der Waals surface area contributed by atoms with Gasteiger partial charge in [-0.25, -0.2) is 4.98 Å². The Hall–Kier alpha value is -0.540. The van der Waals surface area contributed by atoms with Gasteiger partial charge in [0.05, 0.1) is 6.54 Å². The Morgan fingerprint density at radius 3 is 3.00 bits per heavy atom.